The lowest BCUT2D eigenvalue weighted by Gasteiger charge is -2.20. The van der Waals surface area contributed by atoms with Crippen LogP contribution in [0.25, 0.3) is 0 Å². The van der Waals surface area contributed by atoms with E-state index in [0.29, 0.717) is 13.0 Å². The third kappa shape index (κ3) is 43.3. The van der Waals surface area contributed by atoms with Gasteiger partial charge in [0.1, 0.15) is 12.1 Å². The molecule has 11 heteroatoms. The van der Waals surface area contributed by atoms with Crippen LogP contribution in [0.3, 0.4) is 0 Å². The van der Waals surface area contributed by atoms with E-state index in [1.807, 2.05) is 12.2 Å². The van der Waals surface area contributed by atoms with Gasteiger partial charge in [-0.1, -0.05) is 196 Å². The van der Waals surface area contributed by atoms with E-state index in [1.165, 1.54) is 96.3 Å². The molecular formula is C48H84NO9P. The number of ether oxygens (including phenoxy) is 2. The van der Waals surface area contributed by atoms with E-state index in [1.54, 1.807) is 0 Å². The maximum Gasteiger partial charge on any atom is 0.472 e. The zero-order valence-corrected chi connectivity index (χ0v) is 38.0. The molecular weight excluding hydrogens is 766 g/mol. The predicted octanol–water partition coefficient (Wildman–Crippen LogP) is 13.0. The van der Waals surface area contributed by atoms with Gasteiger partial charge in [-0.15, -0.1) is 0 Å². The van der Waals surface area contributed by atoms with Crippen LogP contribution in [0.1, 0.15) is 181 Å². The van der Waals surface area contributed by atoms with Gasteiger partial charge in [0, 0.05) is 13.0 Å². The Bertz CT molecular complexity index is 1210. The number of hydrogen-bond donors (Lipinski definition) is 3. The van der Waals surface area contributed by atoms with Crippen LogP contribution >= 0.6 is 7.82 Å². The summed E-state index contributed by atoms with van der Waals surface area (Å²) >= 11 is 0. The summed E-state index contributed by atoms with van der Waals surface area (Å²) < 4.78 is 33.3. The highest BCUT2D eigenvalue weighted by Gasteiger charge is 2.27. The van der Waals surface area contributed by atoms with Gasteiger partial charge < -0.3 is 25.2 Å². The van der Waals surface area contributed by atoms with E-state index >= 15 is 0 Å². The highest BCUT2D eigenvalue weighted by molar-refractivity contribution is 7.47. The third-order valence-electron chi connectivity index (χ3n) is 9.51. The lowest BCUT2D eigenvalue weighted by molar-refractivity contribution is -0.154. The first-order chi connectivity index (χ1) is 28.7. The first kappa shape index (κ1) is 56.4. The van der Waals surface area contributed by atoms with Gasteiger partial charge in [-0.25, -0.2) is 4.57 Å². The maximum absolute atomic E-state index is 12.6. The maximum atomic E-state index is 12.6. The molecule has 0 aliphatic rings. The second-order valence-electron chi connectivity index (χ2n) is 15.2. The number of rotatable bonds is 43. The van der Waals surface area contributed by atoms with Crippen molar-refractivity contribution in [3.05, 3.63) is 72.9 Å². The summed E-state index contributed by atoms with van der Waals surface area (Å²) in [6.45, 7) is 3.68. The van der Waals surface area contributed by atoms with Crippen LogP contribution in [-0.4, -0.2) is 60.5 Å². The zero-order valence-electron chi connectivity index (χ0n) is 37.1. The number of allylic oxidation sites excluding steroid dienone is 12. The smallest absolute Gasteiger partial charge is 0.472 e. The van der Waals surface area contributed by atoms with Crippen LogP contribution in [0, 0.1) is 0 Å². The molecule has 0 saturated heterocycles. The van der Waals surface area contributed by atoms with Gasteiger partial charge in [-0.3, -0.25) is 18.6 Å². The lowest BCUT2D eigenvalue weighted by atomic mass is 10.0. The molecule has 0 aromatic heterocycles. The van der Waals surface area contributed by atoms with E-state index in [9.17, 15) is 19.0 Å². The molecule has 0 fully saturated rings. The normalized spacial score (nSPS) is 14.5. The molecule has 10 nitrogen and oxygen atoms in total. The summed E-state index contributed by atoms with van der Waals surface area (Å²) in [4.78, 5) is 33.5. The van der Waals surface area contributed by atoms with Crippen molar-refractivity contribution < 1.29 is 42.7 Å². The molecule has 0 amide bonds. The topological polar surface area (TPSA) is 155 Å². The fourth-order valence-corrected chi connectivity index (χ4v) is 6.76. The molecule has 340 valence electrons. The Morgan fingerprint density at radius 3 is 1.37 bits per heavy atom. The molecule has 0 rings (SSSR count). The molecule has 0 aliphatic carbocycles. The number of carbonyl (C=O) groups is 2. The van der Waals surface area contributed by atoms with Crippen LogP contribution in [0.5, 0.6) is 0 Å². The molecule has 0 radical (unpaired) electrons. The number of phosphoric ester groups is 1. The highest BCUT2D eigenvalue weighted by Crippen LogP contribution is 2.43. The van der Waals surface area contributed by atoms with Gasteiger partial charge >= 0.3 is 19.8 Å². The van der Waals surface area contributed by atoms with E-state index in [0.717, 1.165) is 57.8 Å². The monoisotopic (exact) mass is 850 g/mol. The van der Waals surface area contributed by atoms with Gasteiger partial charge in [-0.2, -0.15) is 0 Å². The first-order valence-corrected chi connectivity index (χ1v) is 24.5. The molecule has 0 bridgehead atoms. The van der Waals surface area contributed by atoms with Crippen molar-refractivity contribution in [2.24, 2.45) is 5.73 Å². The number of aliphatic carboxylic acids is 1. The Morgan fingerprint density at radius 2 is 0.949 bits per heavy atom. The van der Waals surface area contributed by atoms with Gasteiger partial charge in [-0.05, 0) is 51.4 Å². The van der Waals surface area contributed by atoms with Gasteiger partial charge in [0.15, 0.2) is 0 Å². The molecule has 0 aromatic rings. The van der Waals surface area contributed by atoms with Crippen molar-refractivity contribution >= 4 is 19.8 Å². The fourth-order valence-electron chi connectivity index (χ4n) is 5.98. The molecule has 4 N–H and O–H groups in total. The molecule has 0 aliphatic heterocycles. The van der Waals surface area contributed by atoms with Crippen LogP contribution in [0.4, 0.5) is 0 Å². The molecule has 0 aromatic carbocycles. The Balaban J connectivity index is 4.33. The molecule has 3 unspecified atom stereocenters. The third-order valence-corrected chi connectivity index (χ3v) is 10.5. The average molecular weight is 850 g/mol. The SMILES string of the molecule is CC/C=C\C/C=C\C/C=C\C/C=C\C/C=C\C/C=C\CCC(=O)OC(COCCCCCCCCCCCCCCCCCCCC)COP(=O)(O)OCC(N)C(=O)O. The number of carboxylic acid groups (broad SMARTS) is 1. The van der Waals surface area contributed by atoms with Crippen molar-refractivity contribution in [3.63, 3.8) is 0 Å². The second-order valence-corrected chi connectivity index (χ2v) is 16.6. The summed E-state index contributed by atoms with van der Waals surface area (Å²) in [6, 6.07) is -1.49. The van der Waals surface area contributed by atoms with Crippen molar-refractivity contribution in [2.75, 3.05) is 26.4 Å². The van der Waals surface area contributed by atoms with E-state index < -0.39 is 45.1 Å². The Hall–Kier alpha value is -2.59. The zero-order chi connectivity index (χ0) is 43.3. The quantitative estimate of drug-likeness (QED) is 0.0234. The average Bonchev–Trinajstić information content (AvgIpc) is 3.21. The summed E-state index contributed by atoms with van der Waals surface area (Å²) in [6.07, 6.45) is 54.0. The van der Waals surface area contributed by atoms with Crippen LogP contribution < -0.4 is 5.73 Å². The minimum atomic E-state index is -4.64. The number of phosphoric acid groups is 1. The van der Waals surface area contributed by atoms with E-state index in [-0.39, 0.29) is 13.0 Å². The largest absolute Gasteiger partial charge is 0.480 e. The molecule has 3 atom stereocenters. The van der Waals surface area contributed by atoms with E-state index in [2.05, 4.69) is 74.6 Å². The summed E-state index contributed by atoms with van der Waals surface area (Å²) in [5.74, 6) is -1.87. The van der Waals surface area contributed by atoms with Crippen LogP contribution in [0.15, 0.2) is 72.9 Å². The minimum absolute atomic E-state index is 0.0146. The van der Waals surface area contributed by atoms with Crippen molar-refractivity contribution in [3.8, 4) is 0 Å². The molecule has 0 spiro atoms. The van der Waals surface area contributed by atoms with Crippen molar-refractivity contribution in [1.29, 1.82) is 0 Å². The number of carboxylic acids is 1. The summed E-state index contributed by atoms with van der Waals surface area (Å²) in [7, 11) is -4.64. The van der Waals surface area contributed by atoms with Crippen molar-refractivity contribution in [1.82, 2.24) is 0 Å². The first-order valence-electron chi connectivity index (χ1n) is 23.0. The molecule has 0 saturated carbocycles. The number of hydrogen-bond acceptors (Lipinski definition) is 8. The van der Waals surface area contributed by atoms with Gasteiger partial charge in [0.05, 0.1) is 19.8 Å². The van der Waals surface area contributed by atoms with Crippen LogP contribution in [-0.2, 0) is 32.7 Å². The number of esters is 1. The Labute approximate surface area is 359 Å². The summed E-state index contributed by atoms with van der Waals surface area (Å²) in [5.41, 5.74) is 5.36. The lowest BCUT2D eigenvalue weighted by Crippen LogP contribution is -2.34. The van der Waals surface area contributed by atoms with Gasteiger partial charge in [0.25, 0.3) is 0 Å². The molecule has 0 heterocycles. The predicted molar refractivity (Wildman–Crippen MR) is 244 cm³/mol. The Morgan fingerprint density at radius 1 is 0.559 bits per heavy atom. The second kappa shape index (κ2) is 43.5. The molecule has 59 heavy (non-hydrogen) atoms. The number of nitrogens with two attached hydrogens (primary N) is 1. The minimum Gasteiger partial charge on any atom is -0.480 e. The highest BCUT2D eigenvalue weighted by atomic mass is 31.2. The summed E-state index contributed by atoms with van der Waals surface area (Å²) in [5, 5.41) is 8.90. The fraction of sp³-hybridized carbons (Fsp3) is 0.708. The number of unbranched alkanes of at least 4 members (excludes halogenated alkanes) is 17. The Kier molecular flexibility index (Phi) is 41.6. The number of carbonyl (C=O) groups excluding carboxylic acids is 1. The van der Waals surface area contributed by atoms with Crippen molar-refractivity contribution in [2.45, 2.75) is 193 Å². The van der Waals surface area contributed by atoms with E-state index in [4.69, 9.17) is 29.4 Å². The van der Waals surface area contributed by atoms with Gasteiger partial charge in [0.2, 0.25) is 0 Å². The van der Waals surface area contributed by atoms with Crippen LogP contribution in [0.2, 0.25) is 0 Å². The standard InChI is InChI=1S/C48H84NO9P/c1-3-5-7-9-11-13-15-17-19-21-23-24-26-28-30-32-34-36-38-40-47(50)58-45(43-56-59(53,54)57-44-46(49)48(51)52)42-55-41-39-37-35-33-31-29-27-25-22-20-18-16-14-12-10-8-6-4-2/h5,7,11,13,17,19,23-24,28,30,34,36,45-46H,3-4,6,8-10,12,14-16,18,20-22,25-27,29,31-33,35,37-44,49H2,1-2H3,(H,51,52)(H,53,54)/b7-5-,13-11-,19-17-,24-23-,30-28-,36-34-.